The molecule has 2 nitrogen and oxygen atoms in total. The zero-order valence-electron chi connectivity index (χ0n) is 9.91. The summed E-state index contributed by atoms with van der Waals surface area (Å²) in [6.07, 6.45) is 0. The van der Waals surface area contributed by atoms with Crippen molar-refractivity contribution in [1.29, 1.82) is 0 Å². The van der Waals surface area contributed by atoms with Crippen LogP contribution in [-0.2, 0) is 0 Å². The second-order valence-corrected chi connectivity index (χ2v) is 5.49. The fraction of sp³-hybridized carbons (Fsp3) is 0.538. The van der Waals surface area contributed by atoms with Crippen LogP contribution in [0, 0.1) is 0 Å². The first kappa shape index (κ1) is 12.1. The Morgan fingerprint density at radius 1 is 1.38 bits per heavy atom. The predicted octanol–water partition coefficient (Wildman–Crippen LogP) is 2.80. The maximum Gasteiger partial charge on any atom is 0.0321 e. The van der Waals surface area contributed by atoms with Gasteiger partial charge in [-0.05, 0) is 31.5 Å². The highest BCUT2D eigenvalue weighted by molar-refractivity contribution is 9.10. The summed E-state index contributed by atoms with van der Waals surface area (Å²) in [6, 6.07) is 9.78. The number of nitrogens with one attached hydrogen (secondary N) is 1. The van der Waals surface area contributed by atoms with Crippen LogP contribution in [0.1, 0.15) is 25.5 Å². The van der Waals surface area contributed by atoms with Crippen LogP contribution in [0.3, 0.4) is 0 Å². The predicted molar refractivity (Wildman–Crippen MR) is 71.6 cm³/mol. The van der Waals surface area contributed by atoms with Gasteiger partial charge in [0, 0.05) is 36.2 Å². The molecule has 0 saturated carbocycles. The van der Waals surface area contributed by atoms with E-state index in [-0.39, 0.29) is 0 Å². The Bertz CT molecular complexity index is 336. The third kappa shape index (κ3) is 2.84. The number of halogens is 1. The molecule has 1 aromatic carbocycles. The molecule has 1 heterocycles. The summed E-state index contributed by atoms with van der Waals surface area (Å²) < 4.78 is 1.15. The molecule has 0 aliphatic carbocycles. The lowest BCUT2D eigenvalue weighted by molar-refractivity contribution is 0.158. The van der Waals surface area contributed by atoms with E-state index in [2.05, 4.69) is 64.3 Å². The van der Waals surface area contributed by atoms with Crippen LogP contribution in [0.15, 0.2) is 28.7 Å². The monoisotopic (exact) mass is 282 g/mol. The Morgan fingerprint density at radius 3 is 2.69 bits per heavy atom. The van der Waals surface area contributed by atoms with Crippen molar-refractivity contribution in [3.63, 3.8) is 0 Å². The maximum absolute atomic E-state index is 3.48. The second-order valence-electron chi connectivity index (χ2n) is 4.58. The van der Waals surface area contributed by atoms with Gasteiger partial charge >= 0.3 is 0 Å². The molecule has 1 saturated heterocycles. The molecule has 0 aromatic heterocycles. The van der Waals surface area contributed by atoms with Crippen LogP contribution in [0.4, 0.5) is 0 Å². The van der Waals surface area contributed by atoms with E-state index < -0.39 is 0 Å². The maximum atomic E-state index is 3.48. The Kier molecular flexibility index (Phi) is 4.00. The minimum atomic E-state index is 0.512. The zero-order chi connectivity index (χ0) is 11.5. The van der Waals surface area contributed by atoms with Gasteiger partial charge in [0.25, 0.3) is 0 Å². The van der Waals surface area contributed by atoms with Crippen LogP contribution >= 0.6 is 15.9 Å². The molecule has 88 valence electrons. The summed E-state index contributed by atoms with van der Waals surface area (Å²) in [5.74, 6) is 0. The van der Waals surface area contributed by atoms with Crippen LogP contribution in [-0.4, -0.2) is 30.6 Å². The van der Waals surface area contributed by atoms with Crippen LogP contribution in [0.5, 0.6) is 0 Å². The molecule has 2 rings (SSSR count). The van der Waals surface area contributed by atoms with Crippen molar-refractivity contribution in [1.82, 2.24) is 10.2 Å². The summed E-state index contributed by atoms with van der Waals surface area (Å²) in [7, 11) is 0. The van der Waals surface area contributed by atoms with Gasteiger partial charge in [-0.25, -0.2) is 0 Å². The summed E-state index contributed by atoms with van der Waals surface area (Å²) in [6.45, 7) is 7.92. The van der Waals surface area contributed by atoms with Gasteiger partial charge in [0.2, 0.25) is 0 Å². The molecule has 2 atom stereocenters. The van der Waals surface area contributed by atoms with Crippen molar-refractivity contribution in [2.75, 3.05) is 19.6 Å². The van der Waals surface area contributed by atoms with E-state index in [4.69, 9.17) is 0 Å². The number of piperazine rings is 1. The summed E-state index contributed by atoms with van der Waals surface area (Å²) >= 11 is 3.48. The van der Waals surface area contributed by atoms with Crippen LogP contribution < -0.4 is 5.32 Å². The van der Waals surface area contributed by atoms with Crippen LogP contribution in [0.25, 0.3) is 0 Å². The van der Waals surface area contributed by atoms with E-state index in [0.29, 0.717) is 12.1 Å². The average Bonchev–Trinajstić information content (AvgIpc) is 2.29. The Balaban J connectivity index is 2.06. The summed E-state index contributed by atoms with van der Waals surface area (Å²) in [4.78, 5) is 2.55. The lowest BCUT2D eigenvalue weighted by atomic mass is 10.1. The van der Waals surface area contributed by atoms with E-state index in [1.807, 2.05) is 0 Å². The molecule has 3 heteroatoms. The molecular formula is C13H19BrN2. The lowest BCUT2D eigenvalue weighted by Gasteiger charge is -2.36. The minimum absolute atomic E-state index is 0.512. The smallest absolute Gasteiger partial charge is 0.0321 e. The zero-order valence-corrected chi connectivity index (χ0v) is 11.5. The molecule has 16 heavy (non-hydrogen) atoms. The van der Waals surface area contributed by atoms with E-state index in [1.54, 1.807) is 0 Å². The number of rotatable bonds is 2. The van der Waals surface area contributed by atoms with Crippen molar-refractivity contribution in [3.8, 4) is 0 Å². The summed E-state index contributed by atoms with van der Waals surface area (Å²) in [5, 5.41) is 3.48. The SMILES string of the molecule is CC(c1ccc(Br)cc1)N1CCN[C@@H](C)C1. The molecule has 1 aliphatic rings. The van der Waals surface area contributed by atoms with Crippen LogP contribution in [0.2, 0.25) is 0 Å². The molecular weight excluding hydrogens is 264 g/mol. The number of nitrogens with zero attached hydrogens (tertiary/aromatic N) is 1. The molecule has 1 N–H and O–H groups in total. The van der Waals surface area contributed by atoms with Crippen molar-refractivity contribution in [2.24, 2.45) is 0 Å². The van der Waals surface area contributed by atoms with Gasteiger partial charge in [-0.1, -0.05) is 28.1 Å². The molecule has 0 bridgehead atoms. The lowest BCUT2D eigenvalue weighted by Crippen LogP contribution is -2.49. The summed E-state index contributed by atoms with van der Waals surface area (Å²) in [5.41, 5.74) is 1.40. The van der Waals surface area contributed by atoms with E-state index in [1.165, 1.54) is 5.56 Å². The largest absolute Gasteiger partial charge is 0.312 e. The van der Waals surface area contributed by atoms with Gasteiger partial charge in [-0.15, -0.1) is 0 Å². The first-order chi connectivity index (χ1) is 7.66. The van der Waals surface area contributed by atoms with Crippen molar-refractivity contribution in [2.45, 2.75) is 25.9 Å². The first-order valence-corrected chi connectivity index (χ1v) is 6.69. The topological polar surface area (TPSA) is 15.3 Å². The van der Waals surface area contributed by atoms with E-state index >= 15 is 0 Å². The average molecular weight is 283 g/mol. The first-order valence-electron chi connectivity index (χ1n) is 5.89. The van der Waals surface area contributed by atoms with Gasteiger partial charge in [-0.2, -0.15) is 0 Å². The minimum Gasteiger partial charge on any atom is -0.312 e. The fourth-order valence-electron chi connectivity index (χ4n) is 2.27. The number of hydrogen-bond donors (Lipinski definition) is 1. The van der Waals surface area contributed by atoms with Gasteiger partial charge < -0.3 is 5.32 Å². The molecule has 1 aromatic rings. The van der Waals surface area contributed by atoms with E-state index in [9.17, 15) is 0 Å². The Labute approximate surface area is 106 Å². The van der Waals surface area contributed by atoms with Crippen molar-refractivity contribution >= 4 is 15.9 Å². The molecule has 0 spiro atoms. The van der Waals surface area contributed by atoms with Gasteiger partial charge in [0.05, 0.1) is 0 Å². The van der Waals surface area contributed by atoms with Gasteiger partial charge in [0.1, 0.15) is 0 Å². The number of hydrogen-bond acceptors (Lipinski definition) is 2. The second kappa shape index (κ2) is 5.30. The fourth-order valence-corrected chi connectivity index (χ4v) is 2.53. The third-order valence-electron chi connectivity index (χ3n) is 3.30. The highest BCUT2D eigenvalue weighted by Gasteiger charge is 2.21. The molecule has 1 unspecified atom stereocenters. The Morgan fingerprint density at radius 2 is 2.06 bits per heavy atom. The van der Waals surface area contributed by atoms with Gasteiger partial charge in [-0.3, -0.25) is 4.90 Å². The number of benzene rings is 1. The highest BCUT2D eigenvalue weighted by atomic mass is 79.9. The van der Waals surface area contributed by atoms with E-state index in [0.717, 1.165) is 24.1 Å². The molecule has 1 aliphatic heterocycles. The molecule has 0 amide bonds. The molecule has 0 radical (unpaired) electrons. The van der Waals surface area contributed by atoms with Gasteiger partial charge in [0.15, 0.2) is 0 Å². The van der Waals surface area contributed by atoms with Crippen molar-refractivity contribution < 1.29 is 0 Å². The third-order valence-corrected chi connectivity index (χ3v) is 3.83. The molecule has 1 fully saturated rings. The quantitative estimate of drug-likeness (QED) is 0.898. The standard InChI is InChI=1S/C13H19BrN2/c1-10-9-16(8-7-15-10)11(2)12-3-5-13(14)6-4-12/h3-6,10-11,15H,7-9H2,1-2H3/t10-,11?/m0/s1. The highest BCUT2D eigenvalue weighted by Crippen LogP contribution is 2.22. The normalized spacial score (nSPS) is 24.3. The van der Waals surface area contributed by atoms with Crippen molar-refractivity contribution in [3.05, 3.63) is 34.3 Å². The Hall–Kier alpha value is -0.380.